The highest BCUT2D eigenvalue weighted by Gasteiger charge is 2.17. The first-order valence-corrected chi connectivity index (χ1v) is 8.20. The van der Waals surface area contributed by atoms with Crippen LogP contribution in [0.4, 0.5) is 0 Å². The van der Waals surface area contributed by atoms with Crippen molar-refractivity contribution in [3.8, 4) is 0 Å². The van der Waals surface area contributed by atoms with Crippen molar-refractivity contribution in [3.63, 3.8) is 0 Å². The Balaban J connectivity index is 1.80. The molecule has 18 heavy (non-hydrogen) atoms. The Bertz CT molecular complexity index is 388. The van der Waals surface area contributed by atoms with Crippen LogP contribution in [0, 0.1) is 6.92 Å². The molecule has 1 saturated carbocycles. The molecule has 1 aromatic carbocycles. The van der Waals surface area contributed by atoms with Gasteiger partial charge in [-0.05, 0) is 43.4 Å². The summed E-state index contributed by atoms with van der Waals surface area (Å²) in [6, 6.07) is 6.46. The molecule has 1 aliphatic carbocycles. The quantitative estimate of drug-likeness (QED) is 0.877. The summed E-state index contributed by atoms with van der Waals surface area (Å²) in [7, 11) is 0. The van der Waals surface area contributed by atoms with E-state index < -0.39 is 0 Å². The van der Waals surface area contributed by atoms with Gasteiger partial charge in [0.05, 0.1) is 0 Å². The second-order valence-electron chi connectivity index (χ2n) is 5.30. The Morgan fingerprint density at radius 1 is 1.39 bits per heavy atom. The molecule has 2 rings (SSSR count). The molecule has 3 heteroatoms. The normalized spacial score (nSPS) is 18.2. The Morgan fingerprint density at radius 2 is 2.11 bits per heavy atom. The van der Waals surface area contributed by atoms with Crippen LogP contribution in [0.1, 0.15) is 36.8 Å². The molecule has 1 fully saturated rings. The van der Waals surface area contributed by atoms with Gasteiger partial charge in [-0.3, -0.25) is 0 Å². The molecule has 0 aliphatic heterocycles. The maximum absolute atomic E-state index is 6.24. The summed E-state index contributed by atoms with van der Waals surface area (Å²) < 4.78 is 0. The van der Waals surface area contributed by atoms with E-state index in [-0.39, 0.29) is 6.04 Å². The summed E-state index contributed by atoms with van der Waals surface area (Å²) in [5.41, 5.74) is 8.60. The number of rotatable bonds is 5. The highest BCUT2D eigenvalue weighted by molar-refractivity contribution is 7.99. The Kier molecular flexibility index (Phi) is 5.40. The van der Waals surface area contributed by atoms with E-state index in [1.807, 2.05) is 6.07 Å². The lowest BCUT2D eigenvalue weighted by molar-refractivity contribution is 0.744. The van der Waals surface area contributed by atoms with Gasteiger partial charge in [-0.2, -0.15) is 11.8 Å². The van der Waals surface area contributed by atoms with Gasteiger partial charge in [-0.15, -0.1) is 0 Å². The smallest absolute Gasteiger partial charge is 0.0441 e. The number of nitrogens with two attached hydrogens (primary N) is 1. The van der Waals surface area contributed by atoms with Gasteiger partial charge in [0.2, 0.25) is 0 Å². The van der Waals surface area contributed by atoms with Gasteiger partial charge in [-0.1, -0.05) is 36.6 Å². The fourth-order valence-corrected chi connectivity index (χ4v) is 4.09. The third-order valence-corrected chi connectivity index (χ3v) is 5.45. The Labute approximate surface area is 119 Å². The zero-order valence-corrected chi connectivity index (χ0v) is 12.6. The van der Waals surface area contributed by atoms with Gasteiger partial charge < -0.3 is 5.73 Å². The molecule has 0 amide bonds. The summed E-state index contributed by atoms with van der Waals surface area (Å²) in [5.74, 6) is 1.05. The van der Waals surface area contributed by atoms with Crippen molar-refractivity contribution < 1.29 is 0 Å². The molecule has 0 spiro atoms. The van der Waals surface area contributed by atoms with Crippen LogP contribution in [0.15, 0.2) is 18.2 Å². The van der Waals surface area contributed by atoms with E-state index in [0.717, 1.165) is 22.4 Å². The fourth-order valence-electron chi connectivity index (χ4n) is 2.47. The molecule has 1 atom stereocenters. The molecule has 100 valence electrons. The minimum Gasteiger partial charge on any atom is -0.327 e. The van der Waals surface area contributed by atoms with Gasteiger partial charge in [0, 0.05) is 22.1 Å². The molecule has 0 saturated heterocycles. The predicted octanol–water partition coefficient (Wildman–Crippen LogP) is 4.19. The van der Waals surface area contributed by atoms with Crippen LogP contribution in [0.3, 0.4) is 0 Å². The lowest BCUT2D eigenvalue weighted by Gasteiger charge is -2.15. The van der Waals surface area contributed by atoms with Gasteiger partial charge in [0.1, 0.15) is 0 Å². The van der Waals surface area contributed by atoms with Crippen LogP contribution in [-0.4, -0.2) is 17.0 Å². The van der Waals surface area contributed by atoms with Crippen molar-refractivity contribution >= 4 is 23.4 Å². The standard InChI is InChI=1S/C15H22ClNS/c1-11-6-7-12(15(16)8-11)9-13(17)10-18-14-4-2-3-5-14/h6-8,13-14H,2-5,9-10,17H2,1H3. The zero-order chi connectivity index (χ0) is 13.0. The van der Waals surface area contributed by atoms with Crippen LogP contribution in [0.5, 0.6) is 0 Å². The summed E-state index contributed by atoms with van der Waals surface area (Å²) >= 11 is 8.29. The lowest BCUT2D eigenvalue weighted by Crippen LogP contribution is -2.26. The SMILES string of the molecule is Cc1ccc(CC(N)CSC2CCCC2)c(Cl)c1. The first kappa shape index (κ1) is 14.2. The van der Waals surface area contributed by atoms with E-state index >= 15 is 0 Å². The highest BCUT2D eigenvalue weighted by atomic mass is 35.5. The molecule has 2 N–H and O–H groups in total. The Hall–Kier alpha value is -0.180. The van der Waals surface area contributed by atoms with E-state index in [9.17, 15) is 0 Å². The van der Waals surface area contributed by atoms with Gasteiger partial charge in [-0.25, -0.2) is 0 Å². The second-order valence-corrected chi connectivity index (χ2v) is 7.04. The average molecular weight is 284 g/mol. The average Bonchev–Trinajstić information content (AvgIpc) is 2.83. The molecule has 0 bridgehead atoms. The largest absolute Gasteiger partial charge is 0.327 e. The molecule has 1 aliphatic rings. The third-order valence-electron chi connectivity index (χ3n) is 3.54. The van der Waals surface area contributed by atoms with E-state index in [2.05, 4.69) is 30.8 Å². The van der Waals surface area contributed by atoms with Gasteiger partial charge in [0.25, 0.3) is 0 Å². The topological polar surface area (TPSA) is 26.0 Å². The summed E-state index contributed by atoms with van der Waals surface area (Å²) in [5, 5.41) is 1.71. The maximum Gasteiger partial charge on any atom is 0.0441 e. The molecule has 0 radical (unpaired) electrons. The number of thioether (sulfide) groups is 1. The minimum absolute atomic E-state index is 0.218. The first-order chi connectivity index (χ1) is 8.65. The van der Waals surface area contributed by atoms with Gasteiger partial charge in [0.15, 0.2) is 0 Å². The second kappa shape index (κ2) is 6.83. The summed E-state index contributed by atoms with van der Waals surface area (Å²) in [6.07, 6.45) is 6.44. The van der Waals surface area contributed by atoms with Crippen molar-refractivity contribution in [2.45, 2.75) is 50.3 Å². The van der Waals surface area contributed by atoms with Crippen molar-refractivity contribution in [3.05, 3.63) is 34.3 Å². The molecule has 1 nitrogen and oxygen atoms in total. The predicted molar refractivity (Wildman–Crippen MR) is 82.6 cm³/mol. The van der Waals surface area contributed by atoms with Crippen molar-refractivity contribution in [1.82, 2.24) is 0 Å². The fraction of sp³-hybridized carbons (Fsp3) is 0.600. The zero-order valence-electron chi connectivity index (χ0n) is 11.0. The van der Waals surface area contributed by atoms with Crippen molar-refractivity contribution in [1.29, 1.82) is 0 Å². The molecule has 1 aromatic rings. The molecule has 0 aromatic heterocycles. The van der Waals surface area contributed by atoms with Crippen LogP contribution in [0.25, 0.3) is 0 Å². The number of halogens is 1. The van der Waals surface area contributed by atoms with Crippen LogP contribution >= 0.6 is 23.4 Å². The minimum atomic E-state index is 0.218. The molecular weight excluding hydrogens is 262 g/mol. The van der Waals surface area contributed by atoms with E-state index in [4.69, 9.17) is 17.3 Å². The van der Waals surface area contributed by atoms with E-state index in [0.29, 0.717) is 0 Å². The number of aryl methyl sites for hydroxylation is 1. The first-order valence-electron chi connectivity index (χ1n) is 6.77. The van der Waals surface area contributed by atoms with Gasteiger partial charge >= 0.3 is 0 Å². The van der Waals surface area contributed by atoms with Crippen LogP contribution < -0.4 is 5.73 Å². The third kappa shape index (κ3) is 4.18. The number of hydrogen-bond donors (Lipinski definition) is 1. The van der Waals surface area contributed by atoms with E-state index in [1.165, 1.54) is 36.8 Å². The van der Waals surface area contributed by atoms with Crippen molar-refractivity contribution in [2.24, 2.45) is 5.73 Å². The van der Waals surface area contributed by atoms with Crippen LogP contribution in [-0.2, 0) is 6.42 Å². The van der Waals surface area contributed by atoms with Crippen molar-refractivity contribution in [2.75, 3.05) is 5.75 Å². The lowest BCUT2D eigenvalue weighted by atomic mass is 10.1. The summed E-state index contributed by atoms with van der Waals surface area (Å²) in [6.45, 7) is 2.06. The monoisotopic (exact) mass is 283 g/mol. The highest BCUT2D eigenvalue weighted by Crippen LogP contribution is 2.30. The maximum atomic E-state index is 6.24. The summed E-state index contributed by atoms with van der Waals surface area (Å²) in [4.78, 5) is 0. The number of benzene rings is 1. The molecule has 0 heterocycles. The number of hydrogen-bond acceptors (Lipinski definition) is 2. The Morgan fingerprint density at radius 3 is 2.78 bits per heavy atom. The van der Waals surface area contributed by atoms with E-state index in [1.54, 1.807) is 0 Å². The molecular formula is C15H22ClNS. The molecule has 1 unspecified atom stereocenters. The van der Waals surface area contributed by atoms with Crippen LogP contribution in [0.2, 0.25) is 5.02 Å².